The van der Waals surface area contributed by atoms with E-state index in [4.69, 9.17) is 10.5 Å². The lowest BCUT2D eigenvalue weighted by atomic mass is 9.92. The Bertz CT molecular complexity index is 2700. The Morgan fingerprint density at radius 1 is 0.906 bits per heavy atom. The number of amides is 11. The number of hydrogen-bond acceptors (Lipinski definition) is 15. The van der Waals surface area contributed by atoms with Crippen LogP contribution in [0.2, 0.25) is 0 Å². The molecule has 468 valence electrons. The fourth-order valence-electron chi connectivity index (χ4n) is 10.0. The second kappa shape index (κ2) is 34.3. The second-order valence-corrected chi connectivity index (χ2v) is 23.3. The predicted octanol–water partition coefficient (Wildman–Crippen LogP) is 4.30. The van der Waals surface area contributed by atoms with Crippen LogP contribution in [0.4, 0.5) is 15.3 Å². The molecule has 2 aromatic rings. The molecule has 25 nitrogen and oxygen atoms in total. The lowest BCUT2D eigenvalue weighted by Crippen LogP contribution is -2.58. The second-order valence-electron chi connectivity index (χ2n) is 22.4. The van der Waals surface area contributed by atoms with Crippen molar-refractivity contribution in [2.45, 2.75) is 167 Å². The van der Waals surface area contributed by atoms with Crippen molar-refractivity contribution in [3.8, 4) is 0 Å². The van der Waals surface area contributed by atoms with Crippen LogP contribution in [-0.2, 0) is 49.5 Å². The highest BCUT2D eigenvalue weighted by atomic mass is 32.1. The Hall–Kier alpha value is -7.74. The monoisotopic (exact) mass is 1200 g/mol. The number of hydrogen-bond donors (Lipinski definition) is 9. The molecule has 0 radical (unpaired) electrons. The molecule has 85 heavy (non-hydrogen) atoms. The Kier molecular flexibility index (Phi) is 28.1. The van der Waals surface area contributed by atoms with Crippen LogP contribution in [0.25, 0.3) is 0 Å². The highest BCUT2D eigenvalue weighted by Gasteiger charge is 2.38. The number of primary amides is 1. The molecule has 2 aliphatic heterocycles. The first kappa shape index (κ1) is 69.8. The van der Waals surface area contributed by atoms with Gasteiger partial charge in [-0.1, -0.05) is 72.6 Å². The number of nitrogens with one attached hydrogen (secondary N) is 7. The zero-order valence-corrected chi connectivity index (χ0v) is 51.3. The first-order valence-corrected chi connectivity index (χ1v) is 30.0. The lowest BCUT2D eigenvalue weighted by molar-refractivity contribution is -0.142. The first-order valence-electron chi connectivity index (χ1n) is 29.1. The number of aliphatic carboxylic acids is 1. The summed E-state index contributed by atoms with van der Waals surface area (Å²) >= 11 is 1.08. The Morgan fingerprint density at radius 3 is 2.19 bits per heavy atom. The Morgan fingerprint density at radius 2 is 1.59 bits per heavy atom. The number of carboxylic acid groups (broad SMARTS) is 1. The summed E-state index contributed by atoms with van der Waals surface area (Å²) in [6.07, 6.45) is 5.87. The Balaban J connectivity index is 1.46. The lowest BCUT2D eigenvalue weighted by Gasteiger charge is -2.38. The maximum atomic E-state index is 14.4. The molecule has 0 saturated carbocycles. The van der Waals surface area contributed by atoms with Gasteiger partial charge in [0, 0.05) is 75.3 Å². The van der Waals surface area contributed by atoms with Crippen LogP contribution in [0.1, 0.15) is 146 Å². The number of unbranched alkanes of at least 4 members (excludes halogenated alkanes) is 2. The molecule has 1 aromatic heterocycles. The topological polar surface area (TPSA) is 350 Å². The molecule has 3 heterocycles. The predicted molar refractivity (Wildman–Crippen MR) is 319 cm³/mol. The summed E-state index contributed by atoms with van der Waals surface area (Å²) in [5, 5.41) is 30.8. The van der Waals surface area contributed by atoms with Gasteiger partial charge in [-0.05, 0) is 107 Å². The van der Waals surface area contributed by atoms with E-state index in [0.717, 1.165) is 35.6 Å². The molecule has 4 rings (SSSR count). The number of anilines is 1. The number of carbonyl (C=O) groups excluding carboxylic acids is 10. The van der Waals surface area contributed by atoms with Gasteiger partial charge in [0.15, 0.2) is 6.10 Å². The van der Waals surface area contributed by atoms with Crippen molar-refractivity contribution in [2.24, 2.45) is 23.5 Å². The molecule has 1 aromatic carbocycles. The third-order valence-electron chi connectivity index (χ3n) is 15.4. The van der Waals surface area contributed by atoms with Gasteiger partial charge in [0.05, 0.1) is 12.0 Å². The average molecular weight is 1210 g/mol. The van der Waals surface area contributed by atoms with Crippen molar-refractivity contribution >= 4 is 82.4 Å². The summed E-state index contributed by atoms with van der Waals surface area (Å²) in [5.41, 5.74) is 6.49. The van der Waals surface area contributed by atoms with Crippen LogP contribution in [0.3, 0.4) is 0 Å². The van der Waals surface area contributed by atoms with Crippen LogP contribution in [0, 0.1) is 17.8 Å². The van der Waals surface area contributed by atoms with E-state index in [-0.39, 0.29) is 104 Å². The summed E-state index contributed by atoms with van der Waals surface area (Å²) < 4.78 is 5.86. The third-order valence-corrected chi connectivity index (χ3v) is 16.3. The van der Waals surface area contributed by atoms with Gasteiger partial charge in [-0.2, -0.15) is 0 Å². The van der Waals surface area contributed by atoms with Crippen molar-refractivity contribution in [1.29, 1.82) is 0 Å². The van der Waals surface area contributed by atoms with E-state index in [1.54, 1.807) is 43.1 Å². The fraction of sp³-hybridized carbons (Fsp3) is 0.593. The largest absolute Gasteiger partial charge is 0.481 e. The summed E-state index contributed by atoms with van der Waals surface area (Å²) in [6, 6.07) is 1.00. The average Bonchev–Trinajstić information content (AvgIpc) is 4.32. The third kappa shape index (κ3) is 22.0. The Labute approximate surface area is 501 Å². The van der Waals surface area contributed by atoms with Gasteiger partial charge in [-0.3, -0.25) is 53.0 Å². The maximum Gasteiger partial charge on any atom is 0.407 e. The number of urea groups is 1. The van der Waals surface area contributed by atoms with Crippen molar-refractivity contribution in [3.63, 3.8) is 0 Å². The van der Waals surface area contributed by atoms with E-state index < -0.39 is 84.0 Å². The molecule has 0 aliphatic carbocycles. The molecular weight excluding hydrogens is 1120 g/mol. The summed E-state index contributed by atoms with van der Waals surface area (Å²) in [7, 11) is 4.98. The van der Waals surface area contributed by atoms with Gasteiger partial charge < -0.3 is 57.7 Å². The molecule has 26 heteroatoms. The van der Waals surface area contributed by atoms with Gasteiger partial charge in [-0.25, -0.2) is 14.6 Å². The maximum absolute atomic E-state index is 14.4. The summed E-state index contributed by atoms with van der Waals surface area (Å²) in [5.74, 6) is -5.98. The number of thiazole rings is 1. The van der Waals surface area contributed by atoms with Gasteiger partial charge in [0.25, 0.3) is 17.7 Å². The molecule has 1 fully saturated rings. The number of alkyl carbamates (subject to hydrolysis) is 1. The van der Waals surface area contributed by atoms with E-state index in [1.165, 1.54) is 31.5 Å². The molecular formula is C59H88N12O13S. The zero-order chi connectivity index (χ0) is 63.1. The molecule has 0 unspecified atom stereocenters. The molecule has 0 bridgehead atoms. The molecule has 0 spiro atoms. The normalized spacial score (nSPS) is 17.0. The first-order chi connectivity index (χ1) is 40.2. The van der Waals surface area contributed by atoms with Crippen LogP contribution < -0.4 is 43.0 Å². The van der Waals surface area contributed by atoms with Gasteiger partial charge in [0.2, 0.25) is 29.5 Å². The zero-order valence-electron chi connectivity index (χ0n) is 50.5. The number of rotatable bonds is 34. The molecule has 11 amide bonds. The highest BCUT2D eigenvalue weighted by Crippen LogP contribution is 2.31. The van der Waals surface area contributed by atoms with Crippen molar-refractivity contribution in [1.82, 2.24) is 51.6 Å². The minimum Gasteiger partial charge on any atom is -0.481 e. The van der Waals surface area contributed by atoms with Crippen LogP contribution in [0.15, 0.2) is 53.9 Å². The number of likely N-dealkylation sites (N-methyl/N-ethyl adjacent to an activating group) is 2. The summed E-state index contributed by atoms with van der Waals surface area (Å²) in [4.78, 5) is 152. The number of benzene rings is 1. The van der Waals surface area contributed by atoms with Gasteiger partial charge >= 0.3 is 18.1 Å². The number of piperidine rings is 1. The quantitative estimate of drug-likeness (QED) is 0.0268. The minimum absolute atomic E-state index is 0.0175. The van der Waals surface area contributed by atoms with Crippen molar-refractivity contribution in [3.05, 3.63) is 70.2 Å². The molecule has 10 N–H and O–H groups in total. The number of nitrogens with zero attached hydrogens (tertiary/aromatic N) is 4. The number of nitrogens with two attached hydrogens (primary N) is 1. The molecule has 2 aliphatic rings. The van der Waals surface area contributed by atoms with Crippen LogP contribution in [0.5, 0.6) is 0 Å². The van der Waals surface area contributed by atoms with E-state index in [0.29, 0.717) is 48.9 Å². The van der Waals surface area contributed by atoms with E-state index in [1.807, 2.05) is 39.6 Å². The molecule has 9 atom stereocenters. The highest BCUT2D eigenvalue weighted by molar-refractivity contribution is 7.09. The van der Waals surface area contributed by atoms with E-state index >= 15 is 0 Å². The number of carboxylic acids is 1. The van der Waals surface area contributed by atoms with E-state index in [9.17, 15) is 57.8 Å². The smallest absolute Gasteiger partial charge is 0.407 e. The van der Waals surface area contributed by atoms with Crippen LogP contribution in [-0.4, -0.2) is 167 Å². The number of likely N-dealkylation sites (tertiary alicyclic amines) is 1. The van der Waals surface area contributed by atoms with E-state index in [2.05, 4.69) is 48.8 Å². The van der Waals surface area contributed by atoms with Gasteiger partial charge in [-0.15, -0.1) is 11.3 Å². The standard InChI is InChI=1S/C59H88N12O13S/c1-11-36(6)50(68-53(77)43-19-14-16-28-69(43)9)56(79)70(10)44(34(2)3)32-45(84-59(83)61-8)55-66-42(33-85-55)52(76)64-40(30-37(7)57(80)81)31-38-21-23-39(24-22-38)63-51(75)41(18-17-27-62-58(60)82)65-54(78)49(35(4)5)67-46(72)20-13-12-15-29-71-47(73)25-26-48(71)74/h21-26,33-34,36-37,40-41,43-45,49-50H,4,11-20,27-32H2,1-3,5-10H3,(H,61,83)(H,63,75)(H,64,76)(H,65,78)(H,67,72)(H,68,77)(H,80,81)(H3,60,62,82)/t36-,37-,40+,41-,43+,44+,45+,49-,50-/m0/s1. The number of aromatic nitrogens is 1. The van der Waals surface area contributed by atoms with Crippen LogP contribution >= 0.6 is 11.3 Å². The minimum atomic E-state index is -1.20. The van der Waals surface area contributed by atoms with Gasteiger partial charge in [0.1, 0.15) is 28.8 Å². The molecule has 1 saturated heterocycles. The number of ether oxygens (including phenoxy) is 1. The fourth-order valence-corrected chi connectivity index (χ4v) is 10.9. The number of carbonyl (C=O) groups is 11. The summed E-state index contributed by atoms with van der Waals surface area (Å²) in [6.45, 7) is 15.8. The van der Waals surface area contributed by atoms with Crippen molar-refractivity contribution in [2.75, 3.05) is 46.1 Å². The number of imide groups is 1. The van der Waals surface area contributed by atoms with Crippen molar-refractivity contribution < 1.29 is 62.6 Å². The SMILES string of the molecule is C=C(C)[C@H](NC(=O)CCCCCN1C(=O)C=CC1=O)C(=O)N[C@@H](CCCNC(N)=O)C(=O)Nc1ccc(C[C@@H](C[C@H](C)C(=O)O)NC(=O)c2csc([C@@H](C[C@H](C(C)C)N(C)C(=O)[C@@H](NC(=O)[C@H]3CCCCN3C)[C@@H](C)CC)OC(=O)NC)n2)cc1.